The van der Waals surface area contributed by atoms with E-state index in [4.69, 9.17) is 10.5 Å². The molecule has 0 aliphatic carbocycles. The van der Waals surface area contributed by atoms with Gasteiger partial charge in [-0.3, -0.25) is 4.68 Å². The average Bonchev–Trinajstić information content (AvgIpc) is 2.82. The maximum absolute atomic E-state index is 6.44. The smallest absolute Gasteiger partial charge is 0.119 e. The van der Waals surface area contributed by atoms with Crippen molar-refractivity contribution in [2.75, 3.05) is 7.11 Å². The SMILES string of the molecule is COc1cccc(C(C)(N)CCc2ccnn2C)c1. The van der Waals surface area contributed by atoms with Crippen molar-refractivity contribution in [1.82, 2.24) is 9.78 Å². The van der Waals surface area contributed by atoms with Gasteiger partial charge in [0.05, 0.1) is 7.11 Å². The summed E-state index contributed by atoms with van der Waals surface area (Å²) in [5.74, 6) is 0.842. The molecular weight excluding hydrogens is 238 g/mol. The minimum absolute atomic E-state index is 0.376. The quantitative estimate of drug-likeness (QED) is 0.896. The molecule has 0 bridgehead atoms. The van der Waals surface area contributed by atoms with Crippen LogP contribution in [0, 0.1) is 0 Å². The molecule has 0 saturated heterocycles. The van der Waals surface area contributed by atoms with Gasteiger partial charge in [-0.2, -0.15) is 5.10 Å². The van der Waals surface area contributed by atoms with E-state index >= 15 is 0 Å². The monoisotopic (exact) mass is 259 g/mol. The van der Waals surface area contributed by atoms with Crippen LogP contribution in [0.25, 0.3) is 0 Å². The summed E-state index contributed by atoms with van der Waals surface area (Å²) in [6.45, 7) is 2.05. The zero-order valence-corrected chi connectivity index (χ0v) is 11.8. The van der Waals surface area contributed by atoms with Crippen molar-refractivity contribution in [2.24, 2.45) is 12.8 Å². The third kappa shape index (κ3) is 3.15. The summed E-state index contributed by atoms with van der Waals surface area (Å²) in [7, 11) is 3.62. The highest BCUT2D eigenvalue weighted by molar-refractivity contribution is 5.32. The van der Waals surface area contributed by atoms with Gasteiger partial charge in [-0.05, 0) is 43.5 Å². The molecule has 0 fully saturated rings. The molecular formula is C15H21N3O. The molecule has 19 heavy (non-hydrogen) atoms. The van der Waals surface area contributed by atoms with Crippen molar-refractivity contribution in [1.29, 1.82) is 0 Å². The number of methoxy groups -OCH3 is 1. The Kier molecular flexibility index (Phi) is 3.90. The molecule has 0 radical (unpaired) electrons. The topological polar surface area (TPSA) is 53.1 Å². The van der Waals surface area contributed by atoms with Gasteiger partial charge >= 0.3 is 0 Å². The highest BCUT2D eigenvalue weighted by atomic mass is 16.5. The predicted molar refractivity (Wildman–Crippen MR) is 76.1 cm³/mol. The highest BCUT2D eigenvalue weighted by Gasteiger charge is 2.21. The summed E-state index contributed by atoms with van der Waals surface area (Å²) >= 11 is 0. The van der Waals surface area contributed by atoms with Gasteiger partial charge in [0, 0.05) is 24.5 Å². The van der Waals surface area contributed by atoms with Crippen LogP contribution < -0.4 is 10.5 Å². The number of aryl methyl sites for hydroxylation is 2. The molecule has 102 valence electrons. The van der Waals surface area contributed by atoms with Gasteiger partial charge in [-0.1, -0.05) is 12.1 Å². The molecule has 1 aromatic heterocycles. The average molecular weight is 259 g/mol. The molecule has 1 unspecified atom stereocenters. The lowest BCUT2D eigenvalue weighted by Crippen LogP contribution is -2.33. The maximum Gasteiger partial charge on any atom is 0.119 e. The van der Waals surface area contributed by atoms with Crippen LogP contribution in [0.5, 0.6) is 5.75 Å². The van der Waals surface area contributed by atoms with Crippen LogP contribution in [-0.4, -0.2) is 16.9 Å². The number of rotatable bonds is 5. The first kappa shape index (κ1) is 13.6. The third-order valence-electron chi connectivity index (χ3n) is 3.55. The van der Waals surface area contributed by atoms with E-state index in [9.17, 15) is 0 Å². The number of benzene rings is 1. The van der Waals surface area contributed by atoms with Gasteiger partial charge in [0.15, 0.2) is 0 Å². The molecule has 1 atom stereocenters. The van der Waals surface area contributed by atoms with E-state index in [2.05, 4.69) is 12.0 Å². The molecule has 2 aromatic rings. The number of ether oxygens (including phenoxy) is 1. The van der Waals surface area contributed by atoms with Crippen LogP contribution in [0.3, 0.4) is 0 Å². The molecule has 4 nitrogen and oxygen atoms in total. The summed E-state index contributed by atoms with van der Waals surface area (Å²) < 4.78 is 7.14. The highest BCUT2D eigenvalue weighted by Crippen LogP contribution is 2.26. The van der Waals surface area contributed by atoms with E-state index in [0.717, 1.165) is 24.2 Å². The first-order valence-corrected chi connectivity index (χ1v) is 6.43. The van der Waals surface area contributed by atoms with E-state index in [1.807, 2.05) is 48.3 Å². The molecule has 0 amide bonds. The van der Waals surface area contributed by atoms with E-state index in [-0.39, 0.29) is 5.54 Å². The Morgan fingerprint density at radius 1 is 1.37 bits per heavy atom. The summed E-state index contributed by atoms with van der Waals surface area (Å²) in [6.07, 6.45) is 3.58. The minimum atomic E-state index is -0.376. The second-order valence-corrected chi connectivity index (χ2v) is 5.10. The second-order valence-electron chi connectivity index (χ2n) is 5.10. The molecule has 0 spiro atoms. The Balaban J connectivity index is 2.11. The summed E-state index contributed by atoms with van der Waals surface area (Å²) in [4.78, 5) is 0. The van der Waals surface area contributed by atoms with E-state index in [1.54, 1.807) is 7.11 Å². The van der Waals surface area contributed by atoms with Gasteiger partial charge in [-0.15, -0.1) is 0 Å². The first-order valence-electron chi connectivity index (χ1n) is 6.43. The van der Waals surface area contributed by atoms with Gasteiger partial charge < -0.3 is 10.5 Å². The van der Waals surface area contributed by atoms with Crippen molar-refractivity contribution in [2.45, 2.75) is 25.3 Å². The fourth-order valence-electron chi connectivity index (χ4n) is 2.16. The van der Waals surface area contributed by atoms with Crippen molar-refractivity contribution in [3.63, 3.8) is 0 Å². The van der Waals surface area contributed by atoms with E-state index in [1.165, 1.54) is 5.69 Å². The van der Waals surface area contributed by atoms with Gasteiger partial charge in [0.25, 0.3) is 0 Å². The molecule has 1 heterocycles. The molecule has 1 aromatic carbocycles. The van der Waals surface area contributed by atoms with Crippen LogP contribution in [0.1, 0.15) is 24.6 Å². The summed E-state index contributed by atoms with van der Waals surface area (Å²) in [5, 5.41) is 4.17. The fraction of sp³-hybridized carbons (Fsp3) is 0.400. The number of hydrogen-bond donors (Lipinski definition) is 1. The standard InChI is InChI=1S/C15H21N3O/c1-15(16,9-7-13-8-10-17-18(13)2)12-5-4-6-14(11-12)19-3/h4-6,8,10-11H,7,9,16H2,1-3H3. The number of nitrogens with zero attached hydrogens (tertiary/aromatic N) is 2. The van der Waals surface area contributed by atoms with Crippen molar-refractivity contribution in [3.05, 3.63) is 47.8 Å². The lowest BCUT2D eigenvalue weighted by Gasteiger charge is -2.25. The van der Waals surface area contributed by atoms with Gasteiger partial charge in [0.1, 0.15) is 5.75 Å². The lowest BCUT2D eigenvalue weighted by atomic mass is 9.88. The van der Waals surface area contributed by atoms with Crippen LogP contribution >= 0.6 is 0 Å². The summed E-state index contributed by atoms with van der Waals surface area (Å²) in [5.41, 5.74) is 8.35. The van der Waals surface area contributed by atoms with E-state index in [0.29, 0.717) is 0 Å². The minimum Gasteiger partial charge on any atom is -0.497 e. The molecule has 4 heteroatoms. The number of aromatic nitrogens is 2. The van der Waals surface area contributed by atoms with Crippen LogP contribution in [-0.2, 0) is 19.0 Å². The number of nitrogens with two attached hydrogens (primary N) is 1. The van der Waals surface area contributed by atoms with Crippen LogP contribution in [0.4, 0.5) is 0 Å². The molecule has 0 saturated carbocycles. The Labute approximate surface area is 114 Å². The molecule has 2 N–H and O–H groups in total. The third-order valence-corrected chi connectivity index (χ3v) is 3.55. The van der Waals surface area contributed by atoms with Gasteiger partial charge in [-0.25, -0.2) is 0 Å². The van der Waals surface area contributed by atoms with Crippen molar-refractivity contribution in [3.8, 4) is 5.75 Å². The second kappa shape index (κ2) is 5.45. The lowest BCUT2D eigenvalue weighted by molar-refractivity contribution is 0.407. The predicted octanol–water partition coefficient (Wildman–Crippen LogP) is 2.24. The largest absolute Gasteiger partial charge is 0.497 e. The zero-order valence-electron chi connectivity index (χ0n) is 11.8. The Hall–Kier alpha value is -1.81. The Bertz CT molecular complexity index is 546. The molecule has 0 aliphatic rings. The number of hydrogen-bond acceptors (Lipinski definition) is 3. The normalized spacial score (nSPS) is 14.1. The van der Waals surface area contributed by atoms with Gasteiger partial charge in [0.2, 0.25) is 0 Å². The molecule has 2 rings (SSSR count). The maximum atomic E-state index is 6.44. The Morgan fingerprint density at radius 2 is 2.16 bits per heavy atom. The zero-order chi connectivity index (χ0) is 13.9. The Morgan fingerprint density at radius 3 is 2.79 bits per heavy atom. The van der Waals surface area contributed by atoms with Crippen molar-refractivity contribution >= 4 is 0 Å². The van der Waals surface area contributed by atoms with E-state index < -0.39 is 0 Å². The summed E-state index contributed by atoms with van der Waals surface area (Å²) in [6, 6.07) is 9.99. The molecule has 0 aliphatic heterocycles. The van der Waals surface area contributed by atoms with Crippen LogP contribution in [0.15, 0.2) is 36.5 Å². The first-order chi connectivity index (χ1) is 9.03. The fourth-order valence-corrected chi connectivity index (χ4v) is 2.16. The van der Waals surface area contributed by atoms with Crippen LogP contribution in [0.2, 0.25) is 0 Å². The van der Waals surface area contributed by atoms with Crippen molar-refractivity contribution < 1.29 is 4.74 Å².